The van der Waals surface area contributed by atoms with E-state index in [1.54, 1.807) is 24.3 Å². The monoisotopic (exact) mass is 295 g/mol. The molecule has 2 nitrogen and oxygen atoms in total. The molecule has 0 saturated heterocycles. The van der Waals surface area contributed by atoms with Crippen molar-refractivity contribution in [1.82, 2.24) is 0 Å². The van der Waals surface area contributed by atoms with E-state index in [2.05, 4.69) is 21.2 Å². The van der Waals surface area contributed by atoms with Crippen LogP contribution in [0.2, 0.25) is 0 Å². The summed E-state index contributed by atoms with van der Waals surface area (Å²) in [5, 5.41) is 12.5. The lowest BCUT2D eigenvalue weighted by molar-refractivity contribution is 0.474. The van der Waals surface area contributed by atoms with Crippen molar-refractivity contribution in [2.24, 2.45) is 0 Å². The van der Waals surface area contributed by atoms with E-state index in [4.69, 9.17) is 0 Å². The zero-order valence-corrected chi connectivity index (χ0v) is 10.5. The number of aromatic hydroxyl groups is 1. The van der Waals surface area contributed by atoms with E-state index in [1.165, 1.54) is 12.1 Å². The van der Waals surface area contributed by atoms with Gasteiger partial charge in [0.05, 0.1) is 0 Å². The number of hydrogen-bond acceptors (Lipinski definition) is 2. The average molecular weight is 296 g/mol. The van der Waals surface area contributed by atoms with Gasteiger partial charge >= 0.3 is 0 Å². The lowest BCUT2D eigenvalue weighted by Gasteiger charge is -2.08. The van der Waals surface area contributed by atoms with Crippen molar-refractivity contribution in [3.63, 3.8) is 0 Å². The second-order valence-corrected chi connectivity index (χ2v) is 4.50. The van der Waals surface area contributed by atoms with Gasteiger partial charge in [-0.1, -0.05) is 12.1 Å². The van der Waals surface area contributed by atoms with Crippen LogP contribution in [0.25, 0.3) is 0 Å². The first-order valence-electron chi connectivity index (χ1n) is 5.12. The van der Waals surface area contributed by atoms with Gasteiger partial charge in [0.25, 0.3) is 0 Å². The van der Waals surface area contributed by atoms with Crippen LogP contribution in [-0.4, -0.2) is 5.11 Å². The third kappa shape index (κ3) is 3.20. The predicted octanol–water partition coefficient (Wildman–Crippen LogP) is 3.91. The van der Waals surface area contributed by atoms with E-state index < -0.39 is 0 Å². The molecule has 2 N–H and O–H groups in total. The standard InChI is InChI=1S/C13H11BrFNO/c14-12-7-10(15)4-5-13(12)16-8-9-2-1-3-11(17)6-9/h1-7,16-17H,8H2. The van der Waals surface area contributed by atoms with Crippen LogP contribution < -0.4 is 5.32 Å². The third-order valence-electron chi connectivity index (χ3n) is 2.32. The van der Waals surface area contributed by atoms with E-state index in [-0.39, 0.29) is 11.6 Å². The summed E-state index contributed by atoms with van der Waals surface area (Å²) in [6, 6.07) is 11.5. The smallest absolute Gasteiger partial charge is 0.124 e. The summed E-state index contributed by atoms with van der Waals surface area (Å²) >= 11 is 3.28. The fourth-order valence-electron chi connectivity index (χ4n) is 1.50. The number of nitrogens with one attached hydrogen (secondary N) is 1. The molecule has 2 aromatic carbocycles. The number of hydrogen-bond donors (Lipinski definition) is 2. The first kappa shape index (κ1) is 11.9. The average Bonchev–Trinajstić information content (AvgIpc) is 2.28. The van der Waals surface area contributed by atoms with Gasteiger partial charge in [-0.3, -0.25) is 0 Å². The van der Waals surface area contributed by atoms with Crippen molar-refractivity contribution in [1.29, 1.82) is 0 Å². The molecule has 2 aromatic rings. The summed E-state index contributed by atoms with van der Waals surface area (Å²) in [4.78, 5) is 0. The Morgan fingerprint density at radius 3 is 2.71 bits per heavy atom. The van der Waals surface area contributed by atoms with Crippen LogP contribution in [0.3, 0.4) is 0 Å². The minimum atomic E-state index is -0.278. The Morgan fingerprint density at radius 2 is 2.00 bits per heavy atom. The Bertz CT molecular complexity index is 531. The number of benzene rings is 2. The highest BCUT2D eigenvalue weighted by Gasteiger charge is 2.01. The molecule has 17 heavy (non-hydrogen) atoms. The van der Waals surface area contributed by atoms with Crippen molar-refractivity contribution in [2.45, 2.75) is 6.54 Å². The molecule has 88 valence electrons. The van der Waals surface area contributed by atoms with Gasteiger partial charge in [-0.15, -0.1) is 0 Å². The topological polar surface area (TPSA) is 32.3 Å². The summed E-state index contributed by atoms with van der Waals surface area (Å²) < 4.78 is 13.6. The summed E-state index contributed by atoms with van der Waals surface area (Å²) in [5.74, 6) is -0.0396. The SMILES string of the molecule is Oc1cccc(CNc2ccc(F)cc2Br)c1. The molecule has 0 radical (unpaired) electrons. The zero-order chi connectivity index (χ0) is 12.3. The van der Waals surface area contributed by atoms with Crippen LogP contribution >= 0.6 is 15.9 Å². The minimum absolute atomic E-state index is 0.238. The Kier molecular flexibility index (Phi) is 3.64. The van der Waals surface area contributed by atoms with Crippen LogP contribution in [0, 0.1) is 5.82 Å². The van der Waals surface area contributed by atoms with Crippen molar-refractivity contribution >= 4 is 21.6 Å². The first-order valence-corrected chi connectivity index (χ1v) is 5.91. The van der Waals surface area contributed by atoms with Crippen molar-refractivity contribution in [3.8, 4) is 5.75 Å². The fourth-order valence-corrected chi connectivity index (χ4v) is 1.99. The van der Waals surface area contributed by atoms with Crippen molar-refractivity contribution < 1.29 is 9.50 Å². The molecular weight excluding hydrogens is 285 g/mol. The minimum Gasteiger partial charge on any atom is -0.508 e. The number of anilines is 1. The Labute approximate surface area is 107 Å². The molecule has 0 aliphatic rings. The molecule has 0 aromatic heterocycles. The van der Waals surface area contributed by atoms with E-state index >= 15 is 0 Å². The maximum Gasteiger partial charge on any atom is 0.124 e. The summed E-state index contributed by atoms with van der Waals surface area (Å²) in [5.41, 5.74) is 1.77. The lowest BCUT2D eigenvalue weighted by atomic mass is 10.2. The second-order valence-electron chi connectivity index (χ2n) is 3.65. The van der Waals surface area contributed by atoms with Gasteiger partial charge in [0.15, 0.2) is 0 Å². The quantitative estimate of drug-likeness (QED) is 0.900. The molecule has 0 aliphatic carbocycles. The van der Waals surface area contributed by atoms with Gasteiger partial charge in [0, 0.05) is 16.7 Å². The van der Waals surface area contributed by atoms with Crippen LogP contribution in [0.4, 0.5) is 10.1 Å². The van der Waals surface area contributed by atoms with E-state index in [1.807, 2.05) is 6.07 Å². The van der Waals surface area contributed by atoms with E-state index in [9.17, 15) is 9.50 Å². The molecule has 0 fully saturated rings. The van der Waals surface area contributed by atoms with Crippen molar-refractivity contribution in [2.75, 3.05) is 5.32 Å². The molecule has 0 amide bonds. The van der Waals surface area contributed by atoms with Crippen LogP contribution in [-0.2, 0) is 6.54 Å². The largest absolute Gasteiger partial charge is 0.508 e. The molecule has 2 rings (SSSR count). The highest BCUT2D eigenvalue weighted by molar-refractivity contribution is 9.10. The van der Waals surface area contributed by atoms with Gasteiger partial charge in [-0.2, -0.15) is 0 Å². The van der Waals surface area contributed by atoms with Crippen molar-refractivity contribution in [3.05, 3.63) is 58.3 Å². The Morgan fingerprint density at radius 1 is 1.18 bits per heavy atom. The molecule has 0 aliphatic heterocycles. The highest BCUT2D eigenvalue weighted by atomic mass is 79.9. The number of phenols is 1. The molecule has 0 spiro atoms. The summed E-state index contributed by atoms with van der Waals surface area (Å²) in [6.07, 6.45) is 0. The van der Waals surface area contributed by atoms with Crippen LogP contribution in [0.1, 0.15) is 5.56 Å². The summed E-state index contributed by atoms with van der Waals surface area (Å²) in [6.45, 7) is 0.568. The van der Waals surface area contributed by atoms with Gasteiger partial charge in [-0.25, -0.2) is 4.39 Å². The fraction of sp³-hybridized carbons (Fsp3) is 0.0769. The molecular formula is C13H11BrFNO. The number of halogens is 2. The van der Waals surface area contributed by atoms with E-state index in [0.29, 0.717) is 11.0 Å². The van der Waals surface area contributed by atoms with Crippen LogP contribution in [0.15, 0.2) is 46.9 Å². The maximum atomic E-state index is 12.9. The molecule has 0 heterocycles. The maximum absolute atomic E-state index is 12.9. The summed E-state index contributed by atoms with van der Waals surface area (Å²) in [7, 11) is 0. The van der Waals surface area contributed by atoms with E-state index in [0.717, 1.165) is 11.3 Å². The second kappa shape index (κ2) is 5.19. The zero-order valence-electron chi connectivity index (χ0n) is 8.95. The molecule has 0 atom stereocenters. The highest BCUT2D eigenvalue weighted by Crippen LogP contribution is 2.23. The van der Waals surface area contributed by atoms with Gasteiger partial charge in [0.1, 0.15) is 11.6 Å². The van der Waals surface area contributed by atoms with Crippen LogP contribution in [0.5, 0.6) is 5.75 Å². The number of rotatable bonds is 3. The first-order chi connectivity index (χ1) is 8.15. The Hall–Kier alpha value is -1.55. The third-order valence-corrected chi connectivity index (χ3v) is 2.98. The number of phenolic OH excluding ortho intramolecular Hbond substituents is 1. The Balaban J connectivity index is 2.07. The molecule has 0 saturated carbocycles. The van der Waals surface area contributed by atoms with Gasteiger partial charge < -0.3 is 10.4 Å². The lowest BCUT2D eigenvalue weighted by Crippen LogP contribution is -1.99. The predicted molar refractivity (Wildman–Crippen MR) is 69.5 cm³/mol. The molecule has 0 bridgehead atoms. The van der Waals surface area contributed by atoms with Gasteiger partial charge in [-0.05, 0) is 51.8 Å². The molecule has 0 unspecified atom stereocenters. The van der Waals surface area contributed by atoms with Gasteiger partial charge in [0.2, 0.25) is 0 Å². The normalized spacial score (nSPS) is 10.2. The molecule has 4 heteroatoms.